The number of nitrogens with two attached hydrogens (primary N) is 1. The molecule has 0 spiro atoms. The Hall–Kier alpha value is -2.17. The van der Waals surface area contributed by atoms with Gasteiger partial charge < -0.3 is 15.0 Å². The van der Waals surface area contributed by atoms with E-state index in [0.717, 1.165) is 17.9 Å². The van der Waals surface area contributed by atoms with Crippen molar-refractivity contribution < 1.29 is 4.74 Å². The molecule has 0 bridgehead atoms. The smallest absolute Gasteiger partial charge is 0.121 e. The number of benzene rings is 2. The molecule has 0 amide bonds. The monoisotopic (exact) mass is 375 g/mol. The van der Waals surface area contributed by atoms with Crippen LogP contribution in [0.5, 0.6) is 5.75 Å². The molecule has 0 radical (unpaired) electrons. The third-order valence-electron chi connectivity index (χ3n) is 3.92. The molecule has 1 unspecified atom stereocenters. The lowest BCUT2D eigenvalue weighted by Gasteiger charge is -2.20. The van der Waals surface area contributed by atoms with Crippen LogP contribution in [-0.4, -0.2) is 15.7 Å². The standard InChI is InChI=1S/C19H19Cl2N3O/c20-15-4-1-14(2-5-15)3-6-17(12-24-10-9-23-13-24)25-16-7-8-19(22)18(21)11-16/h1-2,4-5,7-11,13,17H,3,6,12,22H2. The fraction of sp³-hybridized carbons (Fsp3) is 0.211. The van der Waals surface area contributed by atoms with Crippen LogP contribution in [0.15, 0.2) is 61.2 Å². The molecule has 1 atom stereocenters. The molecule has 2 N–H and O–H groups in total. The molecule has 1 aromatic heterocycles. The van der Waals surface area contributed by atoms with Gasteiger partial charge in [-0.05, 0) is 42.7 Å². The fourth-order valence-electron chi connectivity index (χ4n) is 2.57. The van der Waals surface area contributed by atoms with Crippen molar-refractivity contribution in [3.63, 3.8) is 0 Å². The number of nitrogen functional groups attached to an aromatic ring is 1. The van der Waals surface area contributed by atoms with E-state index in [1.807, 2.05) is 41.1 Å². The van der Waals surface area contributed by atoms with Crippen molar-refractivity contribution in [3.05, 3.63) is 76.8 Å². The summed E-state index contributed by atoms with van der Waals surface area (Å²) in [5.41, 5.74) is 7.53. The normalized spacial score (nSPS) is 12.1. The van der Waals surface area contributed by atoms with Crippen LogP contribution in [0.2, 0.25) is 10.0 Å². The second-order valence-electron chi connectivity index (χ2n) is 5.85. The van der Waals surface area contributed by atoms with Crippen LogP contribution in [0.1, 0.15) is 12.0 Å². The molecule has 0 saturated carbocycles. The molecule has 130 valence electrons. The van der Waals surface area contributed by atoms with Crippen LogP contribution in [-0.2, 0) is 13.0 Å². The zero-order valence-corrected chi connectivity index (χ0v) is 15.1. The molecule has 0 aliphatic carbocycles. The molecule has 6 heteroatoms. The van der Waals surface area contributed by atoms with Gasteiger partial charge in [0, 0.05) is 23.5 Å². The first kappa shape index (κ1) is 17.6. The van der Waals surface area contributed by atoms with Crippen molar-refractivity contribution in [1.29, 1.82) is 0 Å². The molecular formula is C19H19Cl2N3O. The van der Waals surface area contributed by atoms with Crippen LogP contribution in [0.4, 0.5) is 5.69 Å². The highest BCUT2D eigenvalue weighted by molar-refractivity contribution is 6.33. The number of nitrogens with zero attached hydrogens (tertiary/aromatic N) is 2. The molecule has 3 aromatic rings. The fourth-order valence-corrected chi connectivity index (χ4v) is 2.87. The van der Waals surface area contributed by atoms with Crippen molar-refractivity contribution in [1.82, 2.24) is 9.55 Å². The molecular weight excluding hydrogens is 357 g/mol. The number of anilines is 1. The van der Waals surface area contributed by atoms with Crippen molar-refractivity contribution >= 4 is 28.9 Å². The van der Waals surface area contributed by atoms with Crippen LogP contribution < -0.4 is 10.5 Å². The van der Waals surface area contributed by atoms with Crippen molar-refractivity contribution in [2.75, 3.05) is 5.73 Å². The maximum Gasteiger partial charge on any atom is 0.121 e. The number of imidazole rings is 1. The quantitative estimate of drug-likeness (QED) is 0.600. The molecule has 3 rings (SSSR count). The topological polar surface area (TPSA) is 53.1 Å². The Balaban J connectivity index is 1.69. The number of rotatable bonds is 7. The minimum absolute atomic E-state index is 0.0235. The van der Waals surface area contributed by atoms with Gasteiger partial charge in [0.05, 0.1) is 23.6 Å². The van der Waals surface area contributed by atoms with Gasteiger partial charge in [-0.2, -0.15) is 0 Å². The molecule has 4 nitrogen and oxygen atoms in total. The summed E-state index contributed by atoms with van der Waals surface area (Å²) < 4.78 is 8.16. The van der Waals surface area contributed by atoms with E-state index in [0.29, 0.717) is 23.0 Å². The number of aryl methyl sites for hydroxylation is 1. The lowest BCUT2D eigenvalue weighted by Crippen LogP contribution is -2.23. The largest absolute Gasteiger partial charge is 0.489 e. The zero-order chi connectivity index (χ0) is 17.6. The lowest BCUT2D eigenvalue weighted by molar-refractivity contribution is 0.170. The van der Waals surface area contributed by atoms with E-state index in [1.54, 1.807) is 24.7 Å². The lowest BCUT2D eigenvalue weighted by atomic mass is 10.1. The van der Waals surface area contributed by atoms with Gasteiger partial charge in [0.1, 0.15) is 11.9 Å². The summed E-state index contributed by atoms with van der Waals surface area (Å²) in [4.78, 5) is 4.09. The highest BCUT2D eigenvalue weighted by Crippen LogP contribution is 2.26. The van der Waals surface area contributed by atoms with E-state index in [4.69, 9.17) is 33.7 Å². The summed E-state index contributed by atoms with van der Waals surface area (Å²) >= 11 is 12.0. The van der Waals surface area contributed by atoms with Gasteiger partial charge in [-0.15, -0.1) is 0 Å². The minimum atomic E-state index is -0.0235. The van der Waals surface area contributed by atoms with Gasteiger partial charge in [0.2, 0.25) is 0 Å². The van der Waals surface area contributed by atoms with Crippen LogP contribution in [0.3, 0.4) is 0 Å². The number of halogens is 2. The SMILES string of the molecule is Nc1ccc(OC(CCc2ccc(Cl)cc2)Cn2ccnc2)cc1Cl. The van der Waals surface area contributed by atoms with Crippen LogP contribution in [0, 0.1) is 0 Å². The van der Waals surface area contributed by atoms with Gasteiger partial charge in [-0.25, -0.2) is 4.98 Å². The molecule has 25 heavy (non-hydrogen) atoms. The molecule has 0 aliphatic heterocycles. The predicted octanol–water partition coefficient (Wildman–Crippen LogP) is 4.85. The van der Waals surface area contributed by atoms with Crippen molar-refractivity contribution in [2.24, 2.45) is 0 Å². The summed E-state index contributed by atoms with van der Waals surface area (Å²) in [6.45, 7) is 0.704. The maximum atomic E-state index is 6.15. The van der Waals surface area contributed by atoms with E-state index >= 15 is 0 Å². The predicted molar refractivity (Wildman–Crippen MR) is 102 cm³/mol. The van der Waals surface area contributed by atoms with Gasteiger partial charge >= 0.3 is 0 Å². The molecule has 0 saturated heterocycles. The Morgan fingerprint density at radius 3 is 2.60 bits per heavy atom. The van der Waals surface area contributed by atoms with Gasteiger partial charge in [-0.3, -0.25) is 0 Å². The van der Waals surface area contributed by atoms with Crippen molar-refractivity contribution in [3.8, 4) is 5.75 Å². The minimum Gasteiger partial charge on any atom is -0.489 e. The first-order valence-electron chi connectivity index (χ1n) is 8.02. The third-order valence-corrected chi connectivity index (χ3v) is 4.50. The number of ether oxygens (including phenoxy) is 1. The Morgan fingerprint density at radius 2 is 1.92 bits per heavy atom. The molecule has 0 fully saturated rings. The van der Waals surface area contributed by atoms with E-state index in [2.05, 4.69) is 4.98 Å². The first-order valence-corrected chi connectivity index (χ1v) is 8.77. The zero-order valence-electron chi connectivity index (χ0n) is 13.6. The van der Waals surface area contributed by atoms with E-state index in [-0.39, 0.29) is 6.10 Å². The Kier molecular flexibility index (Phi) is 5.84. The highest BCUT2D eigenvalue weighted by atomic mass is 35.5. The Morgan fingerprint density at radius 1 is 1.12 bits per heavy atom. The number of hydrogen-bond acceptors (Lipinski definition) is 3. The Bertz CT molecular complexity index is 804. The highest BCUT2D eigenvalue weighted by Gasteiger charge is 2.13. The second-order valence-corrected chi connectivity index (χ2v) is 6.69. The van der Waals surface area contributed by atoms with Crippen LogP contribution >= 0.6 is 23.2 Å². The maximum absolute atomic E-state index is 6.15. The summed E-state index contributed by atoms with van der Waals surface area (Å²) in [6.07, 6.45) is 7.19. The summed E-state index contributed by atoms with van der Waals surface area (Å²) in [6, 6.07) is 13.2. The summed E-state index contributed by atoms with van der Waals surface area (Å²) in [5.74, 6) is 0.709. The number of hydrogen-bond donors (Lipinski definition) is 1. The molecule has 1 heterocycles. The Labute approximate surface area is 157 Å². The van der Waals surface area contributed by atoms with Gasteiger partial charge in [0.25, 0.3) is 0 Å². The third kappa shape index (κ3) is 5.15. The van der Waals surface area contributed by atoms with Gasteiger partial charge in [-0.1, -0.05) is 35.3 Å². The average Bonchev–Trinajstić information content (AvgIpc) is 3.10. The summed E-state index contributed by atoms with van der Waals surface area (Å²) in [5, 5.41) is 1.24. The summed E-state index contributed by atoms with van der Waals surface area (Å²) in [7, 11) is 0. The van der Waals surface area contributed by atoms with E-state index in [9.17, 15) is 0 Å². The van der Waals surface area contributed by atoms with E-state index in [1.165, 1.54) is 5.56 Å². The second kappa shape index (κ2) is 8.28. The van der Waals surface area contributed by atoms with Gasteiger partial charge in [0.15, 0.2) is 0 Å². The molecule has 2 aromatic carbocycles. The average molecular weight is 376 g/mol. The van der Waals surface area contributed by atoms with Crippen LogP contribution in [0.25, 0.3) is 0 Å². The molecule has 0 aliphatic rings. The van der Waals surface area contributed by atoms with E-state index < -0.39 is 0 Å². The van der Waals surface area contributed by atoms with Crippen molar-refractivity contribution in [2.45, 2.75) is 25.5 Å². The first-order chi connectivity index (χ1) is 12.1. The number of aromatic nitrogens is 2.